The van der Waals surface area contributed by atoms with Gasteiger partial charge in [-0.25, -0.2) is 13.2 Å². The summed E-state index contributed by atoms with van der Waals surface area (Å²) in [6.07, 6.45) is 0. The van der Waals surface area contributed by atoms with Gasteiger partial charge < -0.3 is 0 Å². The molecular formula is C17H18ClN3O3S. The number of imidazole rings is 1. The first-order valence-corrected chi connectivity index (χ1v) is 9.43. The van der Waals surface area contributed by atoms with Crippen molar-refractivity contribution in [3.8, 4) is 0 Å². The summed E-state index contributed by atoms with van der Waals surface area (Å²) in [5.41, 5.74) is 3.17. The summed E-state index contributed by atoms with van der Waals surface area (Å²) in [5, 5.41) is 0.389. The van der Waals surface area contributed by atoms with Crippen molar-refractivity contribution >= 4 is 38.3 Å². The number of hydrogen-bond donors (Lipinski definition) is 1. The molecule has 3 rings (SSSR count). The first-order valence-electron chi connectivity index (χ1n) is 7.57. The van der Waals surface area contributed by atoms with E-state index in [1.54, 1.807) is 46.1 Å². The summed E-state index contributed by atoms with van der Waals surface area (Å²) < 4.78 is 30.9. The molecule has 1 aromatic heterocycles. The van der Waals surface area contributed by atoms with Gasteiger partial charge in [-0.15, -0.1) is 0 Å². The molecule has 0 saturated carbocycles. The number of nitrogens with one attached hydrogen (secondary N) is 1. The first-order chi connectivity index (χ1) is 11.6. The highest BCUT2D eigenvalue weighted by atomic mass is 35.5. The van der Waals surface area contributed by atoms with E-state index in [2.05, 4.69) is 4.72 Å². The van der Waals surface area contributed by atoms with E-state index in [-0.39, 0.29) is 10.6 Å². The van der Waals surface area contributed by atoms with Gasteiger partial charge in [0.1, 0.15) is 0 Å². The highest BCUT2D eigenvalue weighted by Crippen LogP contribution is 2.26. The lowest BCUT2D eigenvalue weighted by atomic mass is 10.2. The minimum absolute atomic E-state index is 0.0875. The fraction of sp³-hybridized carbons (Fsp3) is 0.235. The number of anilines is 1. The van der Waals surface area contributed by atoms with E-state index in [0.29, 0.717) is 16.2 Å². The highest BCUT2D eigenvalue weighted by Gasteiger charge is 2.18. The molecule has 132 valence electrons. The molecule has 0 aliphatic rings. The van der Waals surface area contributed by atoms with Gasteiger partial charge in [-0.2, -0.15) is 0 Å². The molecule has 2 aromatic carbocycles. The summed E-state index contributed by atoms with van der Waals surface area (Å²) in [6, 6.07) is 8.05. The lowest BCUT2D eigenvalue weighted by molar-refractivity contribution is 0.601. The Balaban J connectivity index is 2.10. The molecule has 0 radical (unpaired) electrons. The van der Waals surface area contributed by atoms with Gasteiger partial charge in [-0.05, 0) is 49.2 Å². The van der Waals surface area contributed by atoms with Gasteiger partial charge >= 0.3 is 5.69 Å². The smallest absolute Gasteiger partial charge is 0.295 e. The van der Waals surface area contributed by atoms with Crippen LogP contribution in [0.25, 0.3) is 11.0 Å². The fourth-order valence-electron chi connectivity index (χ4n) is 2.70. The Hall–Kier alpha value is -2.25. The average molecular weight is 380 g/mol. The van der Waals surface area contributed by atoms with E-state index in [1.165, 1.54) is 21.3 Å². The second-order valence-corrected chi connectivity index (χ2v) is 8.16. The normalized spacial score (nSPS) is 11.9. The minimum Gasteiger partial charge on any atom is -0.295 e. The average Bonchev–Trinajstić information content (AvgIpc) is 2.75. The molecule has 0 aliphatic carbocycles. The number of benzene rings is 2. The van der Waals surface area contributed by atoms with Crippen LogP contribution in [0.15, 0.2) is 40.0 Å². The zero-order valence-corrected chi connectivity index (χ0v) is 15.9. The van der Waals surface area contributed by atoms with Crippen LogP contribution in [0.1, 0.15) is 11.1 Å². The van der Waals surface area contributed by atoms with E-state index >= 15 is 0 Å². The highest BCUT2D eigenvalue weighted by molar-refractivity contribution is 7.92. The molecule has 0 amide bonds. The number of halogens is 1. The van der Waals surface area contributed by atoms with E-state index in [4.69, 9.17) is 11.6 Å². The van der Waals surface area contributed by atoms with Gasteiger partial charge in [0.15, 0.2) is 0 Å². The minimum atomic E-state index is -3.79. The Morgan fingerprint density at radius 1 is 0.960 bits per heavy atom. The van der Waals surface area contributed by atoms with E-state index < -0.39 is 10.0 Å². The molecule has 0 unspecified atom stereocenters. The number of aryl methyl sites for hydroxylation is 4. The van der Waals surface area contributed by atoms with Crippen molar-refractivity contribution in [2.75, 3.05) is 4.72 Å². The second-order valence-electron chi connectivity index (χ2n) is 6.07. The van der Waals surface area contributed by atoms with Crippen LogP contribution in [0.5, 0.6) is 0 Å². The molecule has 25 heavy (non-hydrogen) atoms. The van der Waals surface area contributed by atoms with Crippen molar-refractivity contribution < 1.29 is 8.42 Å². The summed E-state index contributed by atoms with van der Waals surface area (Å²) in [5.74, 6) is 0. The van der Waals surface area contributed by atoms with E-state index in [1.807, 2.05) is 0 Å². The molecule has 0 atom stereocenters. The Morgan fingerprint density at radius 3 is 2.16 bits per heavy atom. The summed E-state index contributed by atoms with van der Waals surface area (Å²) >= 11 is 6.04. The fourth-order valence-corrected chi connectivity index (χ4v) is 4.10. The molecule has 0 spiro atoms. The van der Waals surface area contributed by atoms with Crippen molar-refractivity contribution in [3.05, 3.63) is 57.0 Å². The van der Waals surface area contributed by atoms with Gasteiger partial charge in [0.05, 0.1) is 21.6 Å². The monoisotopic (exact) mass is 379 g/mol. The maximum Gasteiger partial charge on any atom is 0.328 e. The van der Waals surface area contributed by atoms with Crippen LogP contribution in [-0.4, -0.2) is 17.6 Å². The second kappa shape index (κ2) is 5.93. The third kappa shape index (κ3) is 2.94. The number of aromatic nitrogens is 2. The molecular weight excluding hydrogens is 362 g/mol. The Kier molecular flexibility index (Phi) is 4.17. The van der Waals surface area contributed by atoms with Gasteiger partial charge in [0.2, 0.25) is 0 Å². The van der Waals surface area contributed by atoms with Gasteiger partial charge in [0, 0.05) is 19.1 Å². The van der Waals surface area contributed by atoms with Crippen LogP contribution in [0.3, 0.4) is 0 Å². The lowest BCUT2D eigenvalue weighted by Crippen LogP contribution is -2.19. The third-order valence-electron chi connectivity index (χ3n) is 4.32. The predicted octanol–water partition coefficient (Wildman–Crippen LogP) is 2.95. The van der Waals surface area contributed by atoms with E-state index in [9.17, 15) is 13.2 Å². The number of hydrogen-bond acceptors (Lipinski definition) is 3. The van der Waals surface area contributed by atoms with Crippen molar-refractivity contribution in [3.63, 3.8) is 0 Å². The molecule has 0 fully saturated rings. The Bertz CT molecular complexity index is 1160. The standard InChI is InChI=1S/C17H18ClN3O3S/c1-10-5-6-12(8-13(10)18)25(23,24)19-14-9-16-15(7-11(14)2)20(3)17(22)21(16)4/h5-9,19H,1-4H3. The largest absolute Gasteiger partial charge is 0.328 e. The van der Waals surface area contributed by atoms with E-state index in [0.717, 1.165) is 16.6 Å². The number of rotatable bonds is 3. The molecule has 1 N–H and O–H groups in total. The summed E-state index contributed by atoms with van der Waals surface area (Å²) in [6.45, 7) is 3.59. The number of sulfonamides is 1. The van der Waals surface area contributed by atoms with Crippen molar-refractivity contribution in [2.24, 2.45) is 14.1 Å². The van der Waals surface area contributed by atoms with Crippen LogP contribution < -0.4 is 10.4 Å². The number of fused-ring (bicyclic) bond motifs is 1. The lowest BCUT2D eigenvalue weighted by Gasteiger charge is -2.12. The molecule has 8 heteroatoms. The Labute approximate surface area is 150 Å². The predicted molar refractivity (Wildman–Crippen MR) is 99.9 cm³/mol. The topological polar surface area (TPSA) is 73.1 Å². The van der Waals surface area contributed by atoms with Crippen LogP contribution in [0.4, 0.5) is 5.69 Å². The maximum absolute atomic E-state index is 12.7. The quantitative estimate of drug-likeness (QED) is 0.760. The van der Waals surface area contributed by atoms with Crippen LogP contribution in [0, 0.1) is 13.8 Å². The van der Waals surface area contributed by atoms with Gasteiger partial charge in [0.25, 0.3) is 10.0 Å². The molecule has 0 aliphatic heterocycles. The molecule has 3 aromatic rings. The SMILES string of the molecule is Cc1ccc(S(=O)(=O)Nc2cc3c(cc2C)n(C)c(=O)n3C)cc1Cl. The zero-order valence-electron chi connectivity index (χ0n) is 14.3. The molecule has 0 bridgehead atoms. The van der Waals surface area contributed by atoms with Gasteiger partial charge in [-0.1, -0.05) is 17.7 Å². The first kappa shape index (κ1) is 17.6. The van der Waals surface area contributed by atoms with Crippen molar-refractivity contribution in [2.45, 2.75) is 18.7 Å². The maximum atomic E-state index is 12.7. The molecule has 0 saturated heterocycles. The third-order valence-corrected chi connectivity index (χ3v) is 6.09. The van der Waals surface area contributed by atoms with Crippen molar-refractivity contribution in [1.82, 2.24) is 9.13 Å². The van der Waals surface area contributed by atoms with Gasteiger partial charge in [-0.3, -0.25) is 13.9 Å². The summed E-state index contributed by atoms with van der Waals surface area (Å²) in [7, 11) is -0.455. The molecule has 1 heterocycles. The number of nitrogens with zero attached hydrogens (tertiary/aromatic N) is 2. The van der Waals surface area contributed by atoms with Crippen LogP contribution in [0.2, 0.25) is 5.02 Å². The Morgan fingerprint density at radius 2 is 1.56 bits per heavy atom. The van der Waals surface area contributed by atoms with Crippen LogP contribution >= 0.6 is 11.6 Å². The van der Waals surface area contributed by atoms with Crippen molar-refractivity contribution in [1.29, 1.82) is 0 Å². The molecule has 6 nitrogen and oxygen atoms in total. The van der Waals surface area contributed by atoms with Crippen LogP contribution in [-0.2, 0) is 24.1 Å². The zero-order chi connectivity index (χ0) is 18.5. The summed E-state index contributed by atoms with van der Waals surface area (Å²) in [4.78, 5) is 12.1.